The van der Waals surface area contributed by atoms with Crippen molar-refractivity contribution in [3.8, 4) is 0 Å². The Morgan fingerprint density at radius 2 is 2.29 bits per heavy atom. The monoisotopic (exact) mass is 212 g/mol. The van der Waals surface area contributed by atoms with E-state index in [0.717, 1.165) is 3.92 Å². The molecule has 1 saturated carbocycles. The second kappa shape index (κ2) is 2.28. The molecule has 0 aliphatic heterocycles. The standard InChI is InChI=1S/C4H9IN2/c5-3-1-2-4(3)7-6/h3-4,7H,1-2,6H2/t3?,4-/m1/s1. The number of hydrogen-bond donors (Lipinski definition) is 2. The molecule has 1 aliphatic rings. The lowest BCUT2D eigenvalue weighted by molar-refractivity contribution is 0.372. The second-order valence-corrected chi connectivity index (χ2v) is 3.47. The van der Waals surface area contributed by atoms with Gasteiger partial charge >= 0.3 is 0 Å². The quantitative estimate of drug-likeness (QED) is 0.286. The Morgan fingerprint density at radius 3 is 2.29 bits per heavy atom. The summed E-state index contributed by atoms with van der Waals surface area (Å²) in [7, 11) is 0. The summed E-state index contributed by atoms with van der Waals surface area (Å²) in [5.41, 5.74) is 2.74. The van der Waals surface area contributed by atoms with Crippen molar-refractivity contribution in [1.29, 1.82) is 0 Å². The van der Waals surface area contributed by atoms with E-state index in [1.165, 1.54) is 12.8 Å². The summed E-state index contributed by atoms with van der Waals surface area (Å²) in [5.74, 6) is 5.17. The lowest BCUT2D eigenvalue weighted by atomic mass is 9.94. The molecule has 0 saturated heterocycles. The Kier molecular flexibility index (Phi) is 1.88. The maximum atomic E-state index is 5.17. The highest BCUT2D eigenvalue weighted by molar-refractivity contribution is 14.1. The van der Waals surface area contributed by atoms with Crippen LogP contribution in [-0.4, -0.2) is 9.97 Å². The number of halogens is 1. The summed E-state index contributed by atoms with van der Waals surface area (Å²) in [4.78, 5) is 0. The molecule has 2 atom stereocenters. The zero-order valence-electron chi connectivity index (χ0n) is 4.02. The highest BCUT2D eigenvalue weighted by Crippen LogP contribution is 2.26. The SMILES string of the molecule is NN[C@@H]1CCC1I. The highest BCUT2D eigenvalue weighted by atomic mass is 127. The van der Waals surface area contributed by atoms with Crippen molar-refractivity contribution in [1.82, 2.24) is 5.43 Å². The van der Waals surface area contributed by atoms with E-state index in [4.69, 9.17) is 5.84 Å². The molecule has 0 heterocycles. The maximum Gasteiger partial charge on any atom is 0.0328 e. The zero-order chi connectivity index (χ0) is 5.28. The molecule has 0 bridgehead atoms. The van der Waals surface area contributed by atoms with Crippen LogP contribution < -0.4 is 11.3 Å². The topological polar surface area (TPSA) is 38.0 Å². The maximum absolute atomic E-state index is 5.17. The van der Waals surface area contributed by atoms with Crippen LogP contribution in [0.3, 0.4) is 0 Å². The molecule has 0 aromatic rings. The number of alkyl halides is 1. The summed E-state index contributed by atoms with van der Waals surface area (Å²) < 4.78 is 0.780. The minimum Gasteiger partial charge on any atom is -0.271 e. The predicted octanol–water partition coefficient (Wildman–Crippen LogP) is 0.416. The summed E-state index contributed by atoms with van der Waals surface area (Å²) in [6, 6.07) is 0.598. The third kappa shape index (κ3) is 1.06. The van der Waals surface area contributed by atoms with Gasteiger partial charge in [-0.3, -0.25) is 11.3 Å². The van der Waals surface area contributed by atoms with Crippen molar-refractivity contribution in [3.63, 3.8) is 0 Å². The molecular weight excluding hydrogens is 203 g/mol. The first kappa shape index (κ1) is 5.78. The molecule has 0 spiro atoms. The average molecular weight is 212 g/mol. The third-order valence-electron chi connectivity index (χ3n) is 1.40. The van der Waals surface area contributed by atoms with Crippen molar-refractivity contribution in [3.05, 3.63) is 0 Å². The van der Waals surface area contributed by atoms with Gasteiger partial charge in [0.05, 0.1) is 0 Å². The molecule has 3 heteroatoms. The van der Waals surface area contributed by atoms with Crippen LogP contribution in [-0.2, 0) is 0 Å². The minimum atomic E-state index is 0.598. The molecule has 0 aromatic carbocycles. The molecule has 1 aliphatic carbocycles. The molecule has 0 amide bonds. The Labute approximate surface area is 56.9 Å². The van der Waals surface area contributed by atoms with Gasteiger partial charge in [0.15, 0.2) is 0 Å². The van der Waals surface area contributed by atoms with Crippen molar-refractivity contribution >= 4 is 22.6 Å². The third-order valence-corrected chi connectivity index (χ3v) is 2.90. The van der Waals surface area contributed by atoms with Gasteiger partial charge in [-0.2, -0.15) is 0 Å². The van der Waals surface area contributed by atoms with Gasteiger partial charge in [-0.1, -0.05) is 22.6 Å². The van der Waals surface area contributed by atoms with Gasteiger partial charge in [0, 0.05) is 9.97 Å². The molecule has 3 N–H and O–H groups in total. The average Bonchev–Trinajstić information content (AvgIpc) is 1.65. The Morgan fingerprint density at radius 1 is 1.57 bits per heavy atom. The van der Waals surface area contributed by atoms with E-state index in [1.54, 1.807) is 0 Å². The summed E-state index contributed by atoms with van der Waals surface area (Å²) in [6.45, 7) is 0. The van der Waals surface area contributed by atoms with Gasteiger partial charge in [-0.05, 0) is 12.8 Å². The van der Waals surface area contributed by atoms with Crippen LogP contribution in [0.25, 0.3) is 0 Å². The van der Waals surface area contributed by atoms with Crippen molar-refractivity contribution in [2.45, 2.75) is 22.8 Å². The largest absolute Gasteiger partial charge is 0.271 e. The molecule has 1 unspecified atom stereocenters. The van der Waals surface area contributed by atoms with E-state index in [2.05, 4.69) is 28.0 Å². The van der Waals surface area contributed by atoms with E-state index < -0.39 is 0 Å². The molecule has 0 radical (unpaired) electrons. The van der Waals surface area contributed by atoms with E-state index in [9.17, 15) is 0 Å². The Balaban J connectivity index is 2.16. The van der Waals surface area contributed by atoms with Gasteiger partial charge in [0.1, 0.15) is 0 Å². The molecule has 2 nitrogen and oxygen atoms in total. The van der Waals surface area contributed by atoms with Gasteiger partial charge in [-0.15, -0.1) is 0 Å². The lowest BCUT2D eigenvalue weighted by Gasteiger charge is -2.30. The predicted molar refractivity (Wildman–Crippen MR) is 38.2 cm³/mol. The second-order valence-electron chi connectivity index (χ2n) is 1.87. The van der Waals surface area contributed by atoms with Gasteiger partial charge in [0.2, 0.25) is 0 Å². The van der Waals surface area contributed by atoms with Crippen LogP contribution in [0.15, 0.2) is 0 Å². The molecule has 7 heavy (non-hydrogen) atoms. The van der Waals surface area contributed by atoms with Crippen molar-refractivity contribution in [2.24, 2.45) is 5.84 Å². The minimum absolute atomic E-state index is 0.598. The van der Waals surface area contributed by atoms with E-state index in [0.29, 0.717) is 6.04 Å². The number of hydrogen-bond acceptors (Lipinski definition) is 2. The van der Waals surface area contributed by atoms with Crippen molar-refractivity contribution < 1.29 is 0 Å². The molecule has 1 rings (SSSR count). The molecule has 42 valence electrons. The van der Waals surface area contributed by atoms with E-state index in [1.807, 2.05) is 0 Å². The fourth-order valence-electron chi connectivity index (χ4n) is 0.647. The van der Waals surface area contributed by atoms with E-state index >= 15 is 0 Å². The molecular formula is C4H9IN2. The summed E-state index contributed by atoms with van der Waals surface area (Å²) >= 11 is 2.41. The first-order valence-corrected chi connectivity index (χ1v) is 3.69. The van der Waals surface area contributed by atoms with Crippen LogP contribution >= 0.6 is 22.6 Å². The van der Waals surface area contributed by atoms with Crippen LogP contribution in [0.5, 0.6) is 0 Å². The molecule has 1 fully saturated rings. The normalized spacial score (nSPS) is 40.3. The summed E-state index contributed by atoms with van der Waals surface area (Å²) in [6.07, 6.45) is 2.58. The smallest absolute Gasteiger partial charge is 0.0328 e. The highest BCUT2D eigenvalue weighted by Gasteiger charge is 2.26. The first-order chi connectivity index (χ1) is 3.34. The van der Waals surface area contributed by atoms with Gasteiger partial charge < -0.3 is 0 Å². The fourth-order valence-corrected chi connectivity index (χ4v) is 1.57. The lowest BCUT2D eigenvalue weighted by Crippen LogP contribution is -2.47. The number of nitrogens with two attached hydrogens (primary N) is 1. The zero-order valence-corrected chi connectivity index (χ0v) is 6.18. The van der Waals surface area contributed by atoms with Gasteiger partial charge in [-0.25, -0.2) is 0 Å². The van der Waals surface area contributed by atoms with E-state index in [-0.39, 0.29) is 0 Å². The Hall–Kier alpha value is 0.650. The van der Waals surface area contributed by atoms with Gasteiger partial charge in [0.25, 0.3) is 0 Å². The van der Waals surface area contributed by atoms with Crippen molar-refractivity contribution in [2.75, 3.05) is 0 Å². The van der Waals surface area contributed by atoms with Crippen LogP contribution in [0, 0.1) is 0 Å². The fraction of sp³-hybridized carbons (Fsp3) is 1.00. The number of rotatable bonds is 1. The van der Waals surface area contributed by atoms with Crippen LogP contribution in [0.2, 0.25) is 0 Å². The number of hydrazine groups is 1. The first-order valence-electron chi connectivity index (χ1n) is 2.45. The summed E-state index contributed by atoms with van der Waals surface area (Å²) in [5, 5.41) is 0. The van der Waals surface area contributed by atoms with Crippen LogP contribution in [0.1, 0.15) is 12.8 Å². The Bertz CT molecular complexity index is 64.7. The van der Waals surface area contributed by atoms with Crippen LogP contribution in [0.4, 0.5) is 0 Å². The number of nitrogens with one attached hydrogen (secondary N) is 1. The molecule has 0 aromatic heterocycles.